The Morgan fingerprint density at radius 2 is 1.59 bits per heavy atom. The number of halogens is 6. The van der Waals surface area contributed by atoms with Crippen molar-refractivity contribution in [3.63, 3.8) is 0 Å². The summed E-state index contributed by atoms with van der Waals surface area (Å²) >= 11 is 0. The number of fused-ring (bicyclic) bond motifs is 2. The molecule has 2 rings (SSSR count). The van der Waals surface area contributed by atoms with E-state index < -0.39 is 7.81 Å². The van der Waals surface area contributed by atoms with E-state index in [1.54, 1.807) is 7.11 Å². The summed E-state index contributed by atoms with van der Waals surface area (Å²) in [5.74, 6) is 1.42. The number of methoxy groups -OCH3 is 1. The van der Waals surface area contributed by atoms with Gasteiger partial charge in [-0.15, -0.1) is 12.0 Å². The van der Waals surface area contributed by atoms with Crippen LogP contribution in [-0.2, 0) is 25.2 Å². The van der Waals surface area contributed by atoms with Gasteiger partial charge in [-0.3, -0.25) is 6.42 Å². The first-order chi connectivity index (χ1) is 6.85. The fourth-order valence-electron chi connectivity index (χ4n) is 1.78. The van der Waals surface area contributed by atoms with Gasteiger partial charge in [0.1, 0.15) is 0 Å². The molecule has 0 aromatic heterocycles. The zero-order valence-electron chi connectivity index (χ0n) is 8.61. The summed E-state index contributed by atoms with van der Waals surface area (Å²) in [4.78, 5) is 0. The van der Waals surface area contributed by atoms with Crippen LogP contribution in [0, 0.1) is 18.3 Å². The van der Waals surface area contributed by atoms with Crippen LogP contribution >= 0.6 is 7.81 Å². The van der Waals surface area contributed by atoms with Gasteiger partial charge in [-0.05, 0) is 5.92 Å². The van der Waals surface area contributed by atoms with Gasteiger partial charge in [-0.2, -0.15) is 0 Å². The molecule has 0 radical (unpaired) electrons. The van der Waals surface area contributed by atoms with Gasteiger partial charge >= 0.3 is 33.0 Å². The minimum Gasteiger partial charge on any atom is 0 e. The van der Waals surface area contributed by atoms with Crippen molar-refractivity contribution in [1.82, 2.24) is 0 Å². The first-order valence-electron chi connectivity index (χ1n) is 4.47. The number of hydrogen-bond donors (Lipinski definition) is 0. The Labute approximate surface area is 108 Å². The van der Waals surface area contributed by atoms with E-state index in [0.29, 0.717) is 12.0 Å². The quantitative estimate of drug-likeness (QED) is 0.211. The maximum absolute atomic E-state index is 10.7. The zero-order chi connectivity index (χ0) is 12.7. The molecule has 2 bridgehead atoms. The summed E-state index contributed by atoms with van der Waals surface area (Å²) in [5.41, 5.74) is 0. The van der Waals surface area contributed by atoms with Crippen LogP contribution in [0.4, 0.5) is 25.2 Å². The SMILES string of the molecule is COC1[CH-]C2C=CC1C2.F[P-](F)(F)(F)(F)F.[Pd]. The molecular formula is C8H11F6OPPd-2. The minimum absolute atomic E-state index is 0. The largest absolute Gasteiger partial charge is 0 e. The summed E-state index contributed by atoms with van der Waals surface area (Å²) in [6.45, 7) is 0. The van der Waals surface area contributed by atoms with Crippen LogP contribution in [0.25, 0.3) is 0 Å². The van der Waals surface area contributed by atoms with Crippen molar-refractivity contribution < 1.29 is 50.3 Å². The Morgan fingerprint density at radius 3 is 1.76 bits per heavy atom. The fraction of sp³-hybridized carbons (Fsp3) is 0.625. The number of allylic oxidation sites excluding steroid dienone is 1. The van der Waals surface area contributed by atoms with Crippen molar-refractivity contribution in [3.8, 4) is 0 Å². The first-order valence-corrected chi connectivity index (χ1v) is 6.50. The van der Waals surface area contributed by atoms with Gasteiger partial charge in [0.25, 0.3) is 0 Å². The van der Waals surface area contributed by atoms with Crippen LogP contribution in [0.2, 0.25) is 0 Å². The molecule has 17 heavy (non-hydrogen) atoms. The molecule has 2 aliphatic rings. The third-order valence-corrected chi connectivity index (χ3v) is 2.28. The van der Waals surface area contributed by atoms with E-state index in [1.165, 1.54) is 6.42 Å². The Hall–Kier alpha value is 0.372. The third kappa shape index (κ3) is 9.01. The topological polar surface area (TPSA) is 9.23 Å². The maximum Gasteiger partial charge on any atom is 0 e. The summed E-state index contributed by atoms with van der Waals surface area (Å²) in [6.07, 6.45) is 8.56. The van der Waals surface area contributed by atoms with Crippen molar-refractivity contribution in [2.75, 3.05) is 7.11 Å². The zero-order valence-corrected chi connectivity index (χ0v) is 11.1. The van der Waals surface area contributed by atoms with Crippen molar-refractivity contribution in [3.05, 3.63) is 18.6 Å². The van der Waals surface area contributed by atoms with Gasteiger partial charge in [0.05, 0.1) is 0 Å². The summed E-state index contributed by atoms with van der Waals surface area (Å²) < 4.78 is 64.4. The molecule has 1 saturated carbocycles. The van der Waals surface area contributed by atoms with Crippen molar-refractivity contribution >= 4 is 7.81 Å². The summed E-state index contributed by atoms with van der Waals surface area (Å²) in [7, 11) is -8.87. The Balaban J connectivity index is 0.000000296. The second-order valence-corrected chi connectivity index (χ2v) is 5.72. The normalized spacial score (nSPS) is 34.2. The Bertz CT molecular complexity index is 287. The predicted molar refractivity (Wildman–Crippen MR) is 49.4 cm³/mol. The molecule has 0 N–H and O–H groups in total. The molecule has 0 aliphatic heterocycles. The molecular weight excluding hydrogens is 363 g/mol. The average molecular weight is 375 g/mol. The van der Waals surface area contributed by atoms with Gasteiger partial charge in [0.2, 0.25) is 0 Å². The van der Waals surface area contributed by atoms with Crippen LogP contribution in [0.3, 0.4) is 0 Å². The van der Waals surface area contributed by atoms with Crippen LogP contribution in [-0.4, -0.2) is 13.2 Å². The van der Waals surface area contributed by atoms with E-state index in [9.17, 15) is 25.2 Å². The average Bonchev–Trinajstić information content (AvgIpc) is 2.56. The van der Waals surface area contributed by atoms with E-state index >= 15 is 0 Å². The number of ether oxygens (including phenoxy) is 1. The van der Waals surface area contributed by atoms with Gasteiger partial charge in [0.15, 0.2) is 0 Å². The summed E-state index contributed by atoms with van der Waals surface area (Å²) in [6, 6.07) is 0. The molecule has 0 amide bonds. The molecule has 0 saturated heterocycles. The third-order valence-electron chi connectivity index (χ3n) is 2.28. The molecule has 9 heteroatoms. The molecule has 3 atom stereocenters. The van der Waals surface area contributed by atoms with Crippen LogP contribution in [0.5, 0.6) is 0 Å². The predicted octanol–water partition coefficient (Wildman–Crippen LogP) is 4.79. The molecule has 0 aromatic carbocycles. The first kappa shape index (κ1) is 17.4. The minimum atomic E-state index is -10.7. The molecule has 1 nitrogen and oxygen atoms in total. The van der Waals surface area contributed by atoms with Crippen molar-refractivity contribution in [2.45, 2.75) is 12.5 Å². The van der Waals surface area contributed by atoms with Gasteiger partial charge in [0, 0.05) is 27.5 Å². The number of hydrogen-bond acceptors (Lipinski definition) is 1. The Morgan fingerprint density at radius 1 is 1.12 bits per heavy atom. The van der Waals surface area contributed by atoms with E-state index in [2.05, 4.69) is 18.6 Å². The van der Waals surface area contributed by atoms with E-state index in [4.69, 9.17) is 4.74 Å². The van der Waals surface area contributed by atoms with Crippen LogP contribution in [0.1, 0.15) is 6.42 Å². The summed E-state index contributed by atoms with van der Waals surface area (Å²) in [5, 5.41) is 0. The van der Waals surface area contributed by atoms with Crippen LogP contribution < -0.4 is 0 Å². The molecule has 2 aliphatic carbocycles. The molecule has 108 valence electrons. The van der Waals surface area contributed by atoms with E-state index in [0.717, 1.165) is 5.92 Å². The van der Waals surface area contributed by atoms with Gasteiger partial charge in [-0.1, -0.05) is 18.6 Å². The monoisotopic (exact) mass is 374 g/mol. The molecule has 3 unspecified atom stereocenters. The smallest absolute Gasteiger partial charge is 0 e. The second-order valence-electron chi connectivity index (χ2n) is 3.80. The van der Waals surface area contributed by atoms with Gasteiger partial charge < -0.3 is 4.74 Å². The van der Waals surface area contributed by atoms with Gasteiger partial charge in [-0.25, -0.2) is 0 Å². The number of rotatable bonds is 1. The standard InChI is InChI=1S/C8H11O.F6P.Pd/c1-9-8-5-6-2-3-7(8)4-6;1-7(2,3,4,5)6;/h2-3,5-8H,4H2,1H3;;/q2*-1;. The molecule has 0 aromatic rings. The second kappa shape index (κ2) is 4.48. The molecule has 0 spiro atoms. The van der Waals surface area contributed by atoms with Crippen LogP contribution in [0.15, 0.2) is 12.2 Å². The molecule has 0 heterocycles. The van der Waals surface area contributed by atoms with E-state index in [1.807, 2.05) is 0 Å². The van der Waals surface area contributed by atoms with Crippen molar-refractivity contribution in [1.29, 1.82) is 0 Å². The Kier molecular flexibility index (Phi) is 4.58. The van der Waals surface area contributed by atoms with E-state index in [-0.39, 0.29) is 20.4 Å². The fourth-order valence-corrected chi connectivity index (χ4v) is 1.78. The molecule has 1 fully saturated rings. The van der Waals surface area contributed by atoms with Crippen molar-refractivity contribution in [2.24, 2.45) is 11.8 Å². The maximum atomic E-state index is 9.87.